The number of aliphatic hydroxyl groups is 1. The Bertz CT molecular complexity index is 580. The first-order chi connectivity index (χ1) is 10.1. The smallest absolute Gasteiger partial charge is 0.226 e. The first-order valence-electron chi connectivity index (χ1n) is 7.35. The van der Waals surface area contributed by atoms with Gasteiger partial charge in [-0.1, -0.05) is 13.8 Å². The van der Waals surface area contributed by atoms with Gasteiger partial charge in [-0.05, 0) is 25.2 Å². The minimum Gasteiger partial charge on any atom is -0.396 e. The monoisotopic (exact) mass is 292 g/mol. The summed E-state index contributed by atoms with van der Waals surface area (Å²) in [6, 6.07) is 0. The molecule has 4 N–H and O–H groups in total. The normalized spacial score (nSPS) is 11.8. The van der Waals surface area contributed by atoms with Crippen LogP contribution in [0, 0.1) is 5.41 Å². The van der Waals surface area contributed by atoms with Crippen LogP contribution in [0.25, 0.3) is 11.0 Å². The van der Waals surface area contributed by atoms with Gasteiger partial charge in [-0.15, -0.1) is 0 Å². The van der Waals surface area contributed by atoms with Gasteiger partial charge in [0.25, 0.3) is 0 Å². The summed E-state index contributed by atoms with van der Waals surface area (Å²) in [4.78, 5) is 8.87. The number of hydrogen-bond acceptors (Lipinski definition) is 6. The molecule has 0 fully saturated rings. The quantitative estimate of drug-likeness (QED) is 0.594. The van der Waals surface area contributed by atoms with Crippen LogP contribution in [0.3, 0.4) is 0 Å². The fourth-order valence-corrected chi connectivity index (χ4v) is 2.18. The summed E-state index contributed by atoms with van der Waals surface area (Å²) in [5.41, 5.74) is 0.804. The van der Waals surface area contributed by atoms with Gasteiger partial charge in [0.15, 0.2) is 5.65 Å². The molecular weight excluding hydrogens is 268 g/mol. The fraction of sp³-hybridized carbons (Fsp3) is 0.643. The highest BCUT2D eigenvalue weighted by Gasteiger charge is 2.18. The number of aromatic amines is 1. The van der Waals surface area contributed by atoms with Crippen molar-refractivity contribution in [1.29, 1.82) is 0 Å². The molecule has 0 atom stereocenters. The van der Waals surface area contributed by atoms with Crippen LogP contribution in [0.1, 0.15) is 33.6 Å². The lowest BCUT2D eigenvalue weighted by Gasteiger charge is -2.25. The molecule has 0 radical (unpaired) electrons. The van der Waals surface area contributed by atoms with E-state index < -0.39 is 0 Å². The number of aliphatic hydroxyl groups excluding tert-OH is 1. The molecule has 0 bridgehead atoms. The molecule has 0 saturated heterocycles. The van der Waals surface area contributed by atoms with Crippen molar-refractivity contribution in [3.63, 3.8) is 0 Å². The molecule has 0 saturated carbocycles. The molecule has 2 heterocycles. The summed E-state index contributed by atoms with van der Waals surface area (Å²) >= 11 is 0. The summed E-state index contributed by atoms with van der Waals surface area (Å²) in [6.07, 6.45) is 3.49. The van der Waals surface area contributed by atoms with E-state index in [9.17, 15) is 0 Å². The second-order valence-corrected chi connectivity index (χ2v) is 5.90. The highest BCUT2D eigenvalue weighted by atomic mass is 16.2. The Kier molecular flexibility index (Phi) is 4.95. The third kappa shape index (κ3) is 4.04. The van der Waals surface area contributed by atoms with Crippen LogP contribution in [0.4, 0.5) is 11.8 Å². The van der Waals surface area contributed by atoms with Crippen LogP contribution in [0.15, 0.2) is 6.20 Å². The van der Waals surface area contributed by atoms with E-state index in [2.05, 4.69) is 44.6 Å². The van der Waals surface area contributed by atoms with Gasteiger partial charge in [-0.25, -0.2) is 0 Å². The molecule has 21 heavy (non-hydrogen) atoms. The Hall–Kier alpha value is -1.89. The van der Waals surface area contributed by atoms with E-state index in [0.29, 0.717) is 5.95 Å². The number of aromatic nitrogens is 4. The van der Waals surface area contributed by atoms with Crippen LogP contribution in [-0.2, 0) is 0 Å². The van der Waals surface area contributed by atoms with E-state index in [1.165, 1.54) is 0 Å². The molecule has 0 aliphatic carbocycles. The number of fused-ring (bicyclic) bond motifs is 1. The van der Waals surface area contributed by atoms with Gasteiger partial charge in [-0.3, -0.25) is 5.10 Å². The van der Waals surface area contributed by atoms with Crippen LogP contribution >= 0.6 is 0 Å². The van der Waals surface area contributed by atoms with Crippen molar-refractivity contribution in [3.8, 4) is 0 Å². The Morgan fingerprint density at radius 3 is 2.81 bits per heavy atom. The van der Waals surface area contributed by atoms with Gasteiger partial charge in [0.2, 0.25) is 5.95 Å². The fourth-order valence-electron chi connectivity index (χ4n) is 2.18. The second kappa shape index (κ2) is 6.71. The standard InChI is InChI=1S/C14H24N6O/c1-4-15-13-18-11(10-8-17-20-12(10)19-13)16-9-14(2,3)6-5-7-21/h8,21H,4-7,9H2,1-3H3,(H3,15,16,17,18,19,20). The molecule has 116 valence electrons. The minimum atomic E-state index is 0.0854. The Morgan fingerprint density at radius 1 is 1.29 bits per heavy atom. The first kappa shape index (κ1) is 15.5. The number of nitrogens with one attached hydrogen (secondary N) is 3. The molecular formula is C14H24N6O. The van der Waals surface area contributed by atoms with E-state index in [1.807, 2.05) is 6.92 Å². The number of anilines is 2. The van der Waals surface area contributed by atoms with Gasteiger partial charge < -0.3 is 15.7 Å². The predicted octanol–water partition coefficient (Wildman–Crippen LogP) is 2.00. The summed E-state index contributed by atoms with van der Waals surface area (Å²) in [7, 11) is 0. The first-order valence-corrected chi connectivity index (χ1v) is 7.35. The van der Waals surface area contributed by atoms with Crippen molar-refractivity contribution in [3.05, 3.63) is 6.20 Å². The molecule has 2 aromatic rings. The zero-order chi connectivity index (χ0) is 15.3. The molecule has 0 aliphatic heterocycles. The van der Waals surface area contributed by atoms with Crippen molar-refractivity contribution >= 4 is 22.8 Å². The summed E-state index contributed by atoms with van der Waals surface area (Å²) in [5.74, 6) is 1.37. The lowest BCUT2D eigenvalue weighted by Crippen LogP contribution is -2.24. The summed E-state index contributed by atoms with van der Waals surface area (Å²) in [6.45, 7) is 8.12. The molecule has 7 nitrogen and oxygen atoms in total. The maximum atomic E-state index is 8.96. The average molecular weight is 292 g/mol. The van der Waals surface area contributed by atoms with Gasteiger partial charge in [0.1, 0.15) is 5.82 Å². The zero-order valence-electron chi connectivity index (χ0n) is 12.9. The lowest BCUT2D eigenvalue weighted by atomic mass is 9.88. The van der Waals surface area contributed by atoms with Gasteiger partial charge >= 0.3 is 0 Å². The Labute approximate surface area is 124 Å². The predicted molar refractivity (Wildman–Crippen MR) is 84.4 cm³/mol. The summed E-state index contributed by atoms with van der Waals surface area (Å²) in [5, 5.41) is 23.3. The second-order valence-electron chi connectivity index (χ2n) is 5.90. The van der Waals surface area contributed by atoms with Crippen molar-refractivity contribution in [2.45, 2.75) is 33.6 Å². The number of H-pyrrole nitrogens is 1. The number of rotatable bonds is 8. The van der Waals surface area contributed by atoms with Crippen molar-refractivity contribution in [1.82, 2.24) is 20.2 Å². The molecule has 0 amide bonds. The van der Waals surface area contributed by atoms with E-state index in [1.54, 1.807) is 6.20 Å². The highest BCUT2D eigenvalue weighted by molar-refractivity contribution is 5.86. The number of hydrogen-bond donors (Lipinski definition) is 4. The van der Waals surface area contributed by atoms with Crippen molar-refractivity contribution in [2.75, 3.05) is 30.3 Å². The van der Waals surface area contributed by atoms with Gasteiger partial charge in [-0.2, -0.15) is 15.1 Å². The highest BCUT2D eigenvalue weighted by Crippen LogP contribution is 2.25. The lowest BCUT2D eigenvalue weighted by molar-refractivity contribution is 0.248. The van der Waals surface area contributed by atoms with E-state index >= 15 is 0 Å². The van der Waals surface area contributed by atoms with Crippen LogP contribution < -0.4 is 10.6 Å². The van der Waals surface area contributed by atoms with Crippen LogP contribution in [0.2, 0.25) is 0 Å². The molecule has 7 heteroatoms. The van der Waals surface area contributed by atoms with E-state index in [4.69, 9.17) is 5.11 Å². The van der Waals surface area contributed by atoms with Crippen LogP contribution in [0.5, 0.6) is 0 Å². The van der Waals surface area contributed by atoms with Crippen molar-refractivity contribution < 1.29 is 5.11 Å². The van der Waals surface area contributed by atoms with Crippen molar-refractivity contribution in [2.24, 2.45) is 5.41 Å². The average Bonchev–Trinajstić information content (AvgIpc) is 2.91. The van der Waals surface area contributed by atoms with Gasteiger partial charge in [0.05, 0.1) is 11.6 Å². The largest absolute Gasteiger partial charge is 0.396 e. The molecule has 0 aliphatic rings. The van der Waals surface area contributed by atoms with E-state index in [-0.39, 0.29) is 12.0 Å². The third-order valence-corrected chi connectivity index (χ3v) is 3.39. The minimum absolute atomic E-state index is 0.0854. The molecule has 0 aromatic carbocycles. The molecule has 2 rings (SSSR count). The summed E-state index contributed by atoms with van der Waals surface area (Å²) < 4.78 is 0. The molecule has 2 aromatic heterocycles. The number of nitrogens with zero attached hydrogens (tertiary/aromatic N) is 3. The Morgan fingerprint density at radius 2 is 2.10 bits per heavy atom. The zero-order valence-corrected chi connectivity index (χ0v) is 12.9. The molecule has 0 unspecified atom stereocenters. The van der Waals surface area contributed by atoms with Crippen LogP contribution in [-0.4, -0.2) is 45.0 Å². The SMILES string of the molecule is CCNc1nc(NCC(C)(C)CCCO)c2cn[nH]c2n1. The maximum absolute atomic E-state index is 8.96. The topological polar surface area (TPSA) is 98.8 Å². The maximum Gasteiger partial charge on any atom is 0.226 e. The van der Waals surface area contributed by atoms with Gasteiger partial charge in [0, 0.05) is 19.7 Å². The molecule has 0 spiro atoms. The van der Waals surface area contributed by atoms with E-state index in [0.717, 1.165) is 42.8 Å². The third-order valence-electron chi connectivity index (χ3n) is 3.39. The Balaban J connectivity index is 2.15.